The van der Waals surface area contributed by atoms with Crippen molar-refractivity contribution in [2.24, 2.45) is 0 Å². The highest BCUT2D eigenvalue weighted by Gasteiger charge is 2.33. The van der Waals surface area contributed by atoms with Crippen LogP contribution in [0.5, 0.6) is 0 Å². The van der Waals surface area contributed by atoms with Crippen LogP contribution in [0.4, 0.5) is 11.5 Å². The van der Waals surface area contributed by atoms with Crippen molar-refractivity contribution >= 4 is 11.5 Å². The molecule has 16 heavy (non-hydrogen) atoms. The quantitative estimate of drug-likeness (QED) is 0.726. The zero-order valence-corrected chi connectivity index (χ0v) is 9.66. The molecule has 2 rings (SSSR count). The second-order valence-electron chi connectivity index (χ2n) is 4.66. The molecule has 4 nitrogen and oxygen atoms in total. The molecule has 4 N–H and O–H groups in total. The van der Waals surface area contributed by atoms with Gasteiger partial charge in [0, 0.05) is 5.69 Å². The maximum absolute atomic E-state index is 9.51. The van der Waals surface area contributed by atoms with Crippen molar-refractivity contribution in [3.05, 3.63) is 17.8 Å². The smallest absolute Gasteiger partial charge is 0.149 e. The monoisotopic (exact) mass is 221 g/mol. The van der Waals surface area contributed by atoms with E-state index in [0.717, 1.165) is 31.4 Å². The van der Waals surface area contributed by atoms with Crippen LogP contribution < -0.4 is 11.1 Å². The molecule has 88 valence electrons. The molecule has 0 amide bonds. The molecule has 0 bridgehead atoms. The number of hydrogen-bond donors (Lipinski definition) is 3. The van der Waals surface area contributed by atoms with E-state index in [4.69, 9.17) is 5.73 Å². The highest BCUT2D eigenvalue weighted by atomic mass is 16.3. The Balaban J connectivity index is 2.21. The second-order valence-corrected chi connectivity index (χ2v) is 4.66. The number of hydrogen-bond acceptors (Lipinski definition) is 4. The van der Waals surface area contributed by atoms with E-state index in [1.807, 2.05) is 19.1 Å². The molecule has 0 spiro atoms. The Kier molecular flexibility index (Phi) is 3.01. The summed E-state index contributed by atoms with van der Waals surface area (Å²) in [6, 6.07) is 3.74. The summed E-state index contributed by atoms with van der Waals surface area (Å²) in [5.74, 6) is 0.705. The first kappa shape index (κ1) is 11.2. The molecule has 1 aromatic rings. The van der Waals surface area contributed by atoms with Gasteiger partial charge in [0.25, 0.3) is 0 Å². The van der Waals surface area contributed by atoms with E-state index in [-0.39, 0.29) is 12.1 Å². The number of rotatable bonds is 3. The van der Waals surface area contributed by atoms with Crippen LogP contribution in [-0.4, -0.2) is 22.2 Å². The third kappa shape index (κ3) is 2.11. The molecule has 0 aliphatic heterocycles. The maximum atomic E-state index is 9.51. The molecule has 1 saturated carbocycles. The van der Waals surface area contributed by atoms with Gasteiger partial charge in [0.1, 0.15) is 5.82 Å². The molecule has 0 atom stereocenters. The molecule has 0 aromatic carbocycles. The van der Waals surface area contributed by atoms with Gasteiger partial charge in [-0.1, -0.05) is 12.8 Å². The van der Waals surface area contributed by atoms with Gasteiger partial charge in [-0.15, -0.1) is 0 Å². The summed E-state index contributed by atoms with van der Waals surface area (Å²) >= 11 is 0. The molecule has 0 saturated heterocycles. The average molecular weight is 221 g/mol. The maximum Gasteiger partial charge on any atom is 0.149 e. The first-order chi connectivity index (χ1) is 7.65. The van der Waals surface area contributed by atoms with Crippen molar-refractivity contribution in [1.82, 2.24) is 4.98 Å². The van der Waals surface area contributed by atoms with E-state index >= 15 is 0 Å². The van der Waals surface area contributed by atoms with E-state index in [1.165, 1.54) is 0 Å². The molecular formula is C12H19N3O. The Morgan fingerprint density at radius 1 is 1.44 bits per heavy atom. The number of aromatic nitrogens is 1. The molecular weight excluding hydrogens is 202 g/mol. The lowest BCUT2D eigenvalue weighted by molar-refractivity contribution is 0.214. The van der Waals surface area contributed by atoms with Crippen molar-refractivity contribution in [3.63, 3.8) is 0 Å². The van der Waals surface area contributed by atoms with Crippen LogP contribution in [0, 0.1) is 6.92 Å². The van der Waals surface area contributed by atoms with E-state index in [0.29, 0.717) is 11.5 Å². The van der Waals surface area contributed by atoms with Crippen molar-refractivity contribution in [2.75, 3.05) is 17.7 Å². The summed E-state index contributed by atoms with van der Waals surface area (Å²) in [5, 5.41) is 12.8. The number of aliphatic hydroxyl groups is 1. The fourth-order valence-electron chi connectivity index (χ4n) is 2.29. The van der Waals surface area contributed by atoms with Gasteiger partial charge in [-0.3, -0.25) is 0 Å². The molecule has 0 radical (unpaired) electrons. The van der Waals surface area contributed by atoms with Crippen LogP contribution in [0.15, 0.2) is 12.1 Å². The number of pyridine rings is 1. The van der Waals surface area contributed by atoms with Crippen molar-refractivity contribution in [3.8, 4) is 0 Å². The number of nitrogen functional groups attached to an aromatic ring is 1. The van der Waals surface area contributed by atoms with Crippen LogP contribution >= 0.6 is 0 Å². The molecule has 1 fully saturated rings. The lowest BCUT2D eigenvalue weighted by Crippen LogP contribution is -2.39. The number of aliphatic hydroxyl groups excluding tert-OH is 1. The Morgan fingerprint density at radius 3 is 2.75 bits per heavy atom. The topological polar surface area (TPSA) is 71.2 Å². The third-order valence-corrected chi connectivity index (χ3v) is 3.31. The van der Waals surface area contributed by atoms with E-state index in [9.17, 15) is 5.11 Å². The lowest BCUT2D eigenvalue weighted by atomic mass is 9.99. The highest BCUT2D eigenvalue weighted by molar-refractivity contribution is 5.62. The minimum Gasteiger partial charge on any atom is -0.396 e. The number of nitrogens with two attached hydrogens (primary N) is 1. The van der Waals surface area contributed by atoms with Crippen LogP contribution in [-0.2, 0) is 0 Å². The van der Waals surface area contributed by atoms with Gasteiger partial charge in [0.15, 0.2) is 0 Å². The molecule has 1 aromatic heterocycles. The van der Waals surface area contributed by atoms with Crippen molar-refractivity contribution < 1.29 is 5.11 Å². The van der Waals surface area contributed by atoms with E-state index < -0.39 is 0 Å². The standard InChI is InChI=1S/C12H19N3O/c1-9-4-5-10(13)11(14-9)15-12(8-16)6-2-3-7-12/h4-5,16H,2-3,6-8,13H2,1H3,(H,14,15). The second kappa shape index (κ2) is 4.29. The van der Waals surface area contributed by atoms with E-state index in [1.54, 1.807) is 0 Å². The summed E-state index contributed by atoms with van der Waals surface area (Å²) in [4.78, 5) is 4.38. The number of aryl methyl sites for hydroxylation is 1. The zero-order valence-electron chi connectivity index (χ0n) is 9.66. The lowest BCUT2D eigenvalue weighted by Gasteiger charge is -2.29. The average Bonchev–Trinajstić information content (AvgIpc) is 2.73. The zero-order chi connectivity index (χ0) is 11.6. The number of nitrogens with one attached hydrogen (secondary N) is 1. The largest absolute Gasteiger partial charge is 0.396 e. The number of nitrogens with zero attached hydrogens (tertiary/aromatic N) is 1. The predicted molar refractivity (Wildman–Crippen MR) is 65.3 cm³/mol. The summed E-state index contributed by atoms with van der Waals surface area (Å²) in [6.07, 6.45) is 4.27. The Hall–Kier alpha value is -1.29. The molecule has 4 heteroatoms. The molecule has 1 aliphatic carbocycles. The molecule has 0 unspecified atom stereocenters. The minimum atomic E-state index is -0.213. The highest BCUT2D eigenvalue weighted by Crippen LogP contribution is 2.33. The van der Waals surface area contributed by atoms with Gasteiger partial charge >= 0.3 is 0 Å². The van der Waals surface area contributed by atoms with Crippen LogP contribution in [0.3, 0.4) is 0 Å². The predicted octanol–water partition coefficient (Wildman–Crippen LogP) is 1.69. The summed E-state index contributed by atoms with van der Waals surface area (Å²) < 4.78 is 0. The summed E-state index contributed by atoms with van der Waals surface area (Å²) in [5.41, 5.74) is 7.24. The van der Waals surface area contributed by atoms with E-state index in [2.05, 4.69) is 10.3 Å². The minimum absolute atomic E-state index is 0.141. The van der Waals surface area contributed by atoms with Gasteiger partial charge in [-0.05, 0) is 31.9 Å². The Morgan fingerprint density at radius 2 is 2.12 bits per heavy atom. The van der Waals surface area contributed by atoms with Gasteiger partial charge in [0.05, 0.1) is 17.8 Å². The molecule has 1 aliphatic rings. The Labute approximate surface area is 95.9 Å². The van der Waals surface area contributed by atoms with Gasteiger partial charge < -0.3 is 16.2 Å². The fourth-order valence-corrected chi connectivity index (χ4v) is 2.29. The Bertz CT molecular complexity index is 373. The first-order valence-corrected chi connectivity index (χ1v) is 5.77. The van der Waals surface area contributed by atoms with Crippen LogP contribution in [0.2, 0.25) is 0 Å². The van der Waals surface area contributed by atoms with Gasteiger partial charge in [-0.25, -0.2) is 4.98 Å². The van der Waals surface area contributed by atoms with Gasteiger partial charge in [-0.2, -0.15) is 0 Å². The fraction of sp³-hybridized carbons (Fsp3) is 0.583. The summed E-state index contributed by atoms with van der Waals surface area (Å²) in [7, 11) is 0. The number of anilines is 2. The normalized spacial score (nSPS) is 18.6. The molecule has 1 heterocycles. The van der Waals surface area contributed by atoms with Gasteiger partial charge in [0.2, 0.25) is 0 Å². The first-order valence-electron chi connectivity index (χ1n) is 5.77. The van der Waals surface area contributed by atoms with Crippen LogP contribution in [0.25, 0.3) is 0 Å². The SMILES string of the molecule is Cc1ccc(N)c(NC2(CO)CCCC2)n1. The van der Waals surface area contributed by atoms with Crippen molar-refractivity contribution in [2.45, 2.75) is 38.1 Å². The van der Waals surface area contributed by atoms with Crippen molar-refractivity contribution in [1.29, 1.82) is 0 Å². The summed E-state index contributed by atoms with van der Waals surface area (Å²) in [6.45, 7) is 2.08. The third-order valence-electron chi connectivity index (χ3n) is 3.31. The van der Waals surface area contributed by atoms with Crippen LogP contribution in [0.1, 0.15) is 31.4 Å².